The molecule has 0 N–H and O–H groups in total. The first-order valence-electron chi connectivity index (χ1n) is 5.59. The molecule has 18 heavy (non-hydrogen) atoms. The van der Waals surface area contributed by atoms with Crippen molar-refractivity contribution in [1.82, 2.24) is 0 Å². The zero-order chi connectivity index (χ0) is 12.5. The highest BCUT2D eigenvalue weighted by Crippen LogP contribution is 2.36. The standard InChI is InChI=1S/C15H11BrOS/c1-17-12-6-7-13-14(9-18-15(13)8-12)10-2-4-11(16)5-3-10/h2-9H,1H3. The Kier molecular flexibility index (Phi) is 3.10. The van der Waals surface area contributed by atoms with Crippen LogP contribution in [0, 0.1) is 0 Å². The minimum Gasteiger partial charge on any atom is -0.497 e. The van der Waals surface area contributed by atoms with Gasteiger partial charge in [0.05, 0.1) is 7.11 Å². The summed E-state index contributed by atoms with van der Waals surface area (Å²) < 4.78 is 7.61. The van der Waals surface area contributed by atoms with Gasteiger partial charge in [0, 0.05) is 20.1 Å². The van der Waals surface area contributed by atoms with E-state index in [1.54, 1.807) is 18.4 Å². The molecule has 0 fully saturated rings. The van der Waals surface area contributed by atoms with Crippen molar-refractivity contribution in [1.29, 1.82) is 0 Å². The molecule has 1 aromatic heterocycles. The Bertz CT molecular complexity index is 685. The lowest BCUT2D eigenvalue weighted by atomic mass is 10.1. The fourth-order valence-corrected chi connectivity index (χ4v) is 3.25. The van der Waals surface area contributed by atoms with Crippen LogP contribution in [0.1, 0.15) is 0 Å². The molecule has 0 saturated carbocycles. The molecule has 3 rings (SSSR count). The second-order valence-corrected chi connectivity index (χ2v) is 5.85. The highest BCUT2D eigenvalue weighted by atomic mass is 79.9. The quantitative estimate of drug-likeness (QED) is 0.619. The Labute approximate surface area is 118 Å². The molecule has 0 spiro atoms. The summed E-state index contributed by atoms with van der Waals surface area (Å²) in [5.41, 5.74) is 2.53. The van der Waals surface area contributed by atoms with Crippen LogP contribution in [0.15, 0.2) is 52.3 Å². The first-order chi connectivity index (χ1) is 8.78. The molecule has 0 aliphatic heterocycles. The predicted octanol–water partition coefficient (Wildman–Crippen LogP) is 5.34. The van der Waals surface area contributed by atoms with Gasteiger partial charge in [-0.1, -0.05) is 28.1 Å². The number of benzene rings is 2. The average Bonchev–Trinajstić information content (AvgIpc) is 2.82. The molecule has 2 aromatic carbocycles. The lowest BCUT2D eigenvalue weighted by molar-refractivity contribution is 0.415. The summed E-state index contributed by atoms with van der Waals surface area (Å²) in [5, 5.41) is 3.48. The Morgan fingerprint density at radius 3 is 2.56 bits per heavy atom. The number of rotatable bonds is 2. The number of thiophene rings is 1. The molecular weight excluding hydrogens is 308 g/mol. The fourth-order valence-electron chi connectivity index (χ4n) is 1.99. The summed E-state index contributed by atoms with van der Waals surface area (Å²) in [4.78, 5) is 0. The molecule has 1 heterocycles. The largest absolute Gasteiger partial charge is 0.497 e. The Morgan fingerprint density at radius 1 is 1.06 bits per heavy atom. The van der Waals surface area contributed by atoms with Gasteiger partial charge in [-0.15, -0.1) is 11.3 Å². The Morgan fingerprint density at radius 2 is 1.83 bits per heavy atom. The van der Waals surface area contributed by atoms with Crippen molar-refractivity contribution >= 4 is 37.4 Å². The van der Waals surface area contributed by atoms with Crippen LogP contribution in [-0.2, 0) is 0 Å². The number of ether oxygens (including phenoxy) is 1. The highest BCUT2D eigenvalue weighted by Gasteiger charge is 2.07. The normalized spacial score (nSPS) is 10.8. The second-order valence-electron chi connectivity index (χ2n) is 4.02. The summed E-state index contributed by atoms with van der Waals surface area (Å²) in [7, 11) is 1.70. The van der Waals surface area contributed by atoms with Crippen molar-refractivity contribution < 1.29 is 4.74 Å². The number of hydrogen-bond acceptors (Lipinski definition) is 2. The van der Waals surface area contributed by atoms with Gasteiger partial charge in [0.2, 0.25) is 0 Å². The molecule has 3 heteroatoms. The zero-order valence-corrected chi connectivity index (χ0v) is 12.2. The van der Waals surface area contributed by atoms with E-state index in [2.05, 4.69) is 57.7 Å². The molecule has 3 aromatic rings. The van der Waals surface area contributed by atoms with E-state index in [1.165, 1.54) is 21.2 Å². The van der Waals surface area contributed by atoms with Gasteiger partial charge in [-0.2, -0.15) is 0 Å². The summed E-state index contributed by atoms with van der Waals surface area (Å²) in [6.45, 7) is 0. The van der Waals surface area contributed by atoms with E-state index in [0.717, 1.165) is 10.2 Å². The maximum absolute atomic E-state index is 5.25. The first-order valence-corrected chi connectivity index (χ1v) is 7.26. The van der Waals surface area contributed by atoms with E-state index < -0.39 is 0 Å². The van der Waals surface area contributed by atoms with Crippen molar-refractivity contribution in [2.75, 3.05) is 7.11 Å². The van der Waals surface area contributed by atoms with Gasteiger partial charge in [-0.25, -0.2) is 0 Å². The SMILES string of the molecule is COc1ccc2c(-c3ccc(Br)cc3)csc2c1. The first kappa shape index (κ1) is 11.8. The van der Waals surface area contributed by atoms with E-state index in [-0.39, 0.29) is 0 Å². The van der Waals surface area contributed by atoms with Gasteiger partial charge in [0.1, 0.15) is 5.75 Å². The van der Waals surface area contributed by atoms with Crippen LogP contribution in [0.3, 0.4) is 0 Å². The van der Waals surface area contributed by atoms with E-state index in [9.17, 15) is 0 Å². The summed E-state index contributed by atoms with van der Waals surface area (Å²) in [6, 6.07) is 14.6. The minimum absolute atomic E-state index is 0.909. The third kappa shape index (κ3) is 2.04. The van der Waals surface area contributed by atoms with E-state index in [0.29, 0.717) is 0 Å². The van der Waals surface area contributed by atoms with Gasteiger partial charge in [-0.3, -0.25) is 0 Å². The Balaban J connectivity index is 2.15. The van der Waals surface area contributed by atoms with Gasteiger partial charge in [-0.05, 0) is 41.3 Å². The van der Waals surface area contributed by atoms with Crippen LogP contribution in [0.4, 0.5) is 0 Å². The molecule has 0 bridgehead atoms. The van der Waals surface area contributed by atoms with Crippen molar-refractivity contribution in [2.24, 2.45) is 0 Å². The monoisotopic (exact) mass is 318 g/mol. The molecule has 1 nitrogen and oxygen atoms in total. The minimum atomic E-state index is 0.909. The van der Waals surface area contributed by atoms with Crippen LogP contribution >= 0.6 is 27.3 Å². The third-order valence-electron chi connectivity index (χ3n) is 2.94. The maximum atomic E-state index is 5.25. The molecule has 0 aliphatic rings. The van der Waals surface area contributed by atoms with Crippen LogP contribution in [0.5, 0.6) is 5.75 Å². The lowest BCUT2D eigenvalue weighted by Gasteiger charge is -2.02. The second kappa shape index (κ2) is 4.75. The average molecular weight is 319 g/mol. The number of fused-ring (bicyclic) bond motifs is 1. The smallest absolute Gasteiger partial charge is 0.120 e. The van der Waals surface area contributed by atoms with Crippen molar-refractivity contribution in [2.45, 2.75) is 0 Å². The van der Waals surface area contributed by atoms with Gasteiger partial charge in [0.15, 0.2) is 0 Å². The molecule has 0 radical (unpaired) electrons. The van der Waals surface area contributed by atoms with Crippen molar-refractivity contribution in [3.63, 3.8) is 0 Å². The lowest BCUT2D eigenvalue weighted by Crippen LogP contribution is -1.81. The number of hydrogen-bond donors (Lipinski definition) is 0. The topological polar surface area (TPSA) is 9.23 Å². The molecule has 0 unspecified atom stereocenters. The maximum Gasteiger partial charge on any atom is 0.120 e. The van der Waals surface area contributed by atoms with E-state index in [4.69, 9.17) is 4.74 Å². The molecule has 90 valence electrons. The molecule has 0 amide bonds. The predicted molar refractivity (Wildman–Crippen MR) is 81.5 cm³/mol. The van der Waals surface area contributed by atoms with Crippen LogP contribution in [0.25, 0.3) is 21.2 Å². The van der Waals surface area contributed by atoms with E-state index >= 15 is 0 Å². The van der Waals surface area contributed by atoms with Crippen LogP contribution in [0.2, 0.25) is 0 Å². The van der Waals surface area contributed by atoms with Crippen LogP contribution < -0.4 is 4.74 Å². The van der Waals surface area contributed by atoms with Gasteiger partial charge < -0.3 is 4.74 Å². The molecule has 0 aliphatic carbocycles. The van der Waals surface area contributed by atoms with E-state index in [1.807, 2.05) is 6.07 Å². The molecule has 0 atom stereocenters. The molecular formula is C15H11BrOS. The van der Waals surface area contributed by atoms with Gasteiger partial charge in [0.25, 0.3) is 0 Å². The van der Waals surface area contributed by atoms with Crippen molar-refractivity contribution in [3.8, 4) is 16.9 Å². The number of halogens is 1. The highest BCUT2D eigenvalue weighted by molar-refractivity contribution is 9.10. The number of methoxy groups -OCH3 is 1. The summed E-state index contributed by atoms with van der Waals surface area (Å²) in [6.07, 6.45) is 0. The summed E-state index contributed by atoms with van der Waals surface area (Å²) >= 11 is 5.21. The van der Waals surface area contributed by atoms with Gasteiger partial charge >= 0.3 is 0 Å². The third-order valence-corrected chi connectivity index (χ3v) is 4.41. The van der Waals surface area contributed by atoms with Crippen LogP contribution in [-0.4, -0.2) is 7.11 Å². The van der Waals surface area contributed by atoms with Crippen molar-refractivity contribution in [3.05, 3.63) is 52.3 Å². The zero-order valence-electron chi connectivity index (χ0n) is 9.81. The Hall–Kier alpha value is -1.32. The molecule has 0 saturated heterocycles. The summed E-state index contributed by atoms with van der Waals surface area (Å²) in [5.74, 6) is 0.909. The fraction of sp³-hybridized carbons (Fsp3) is 0.0667.